The van der Waals surface area contributed by atoms with E-state index in [0.717, 1.165) is 18.4 Å². The summed E-state index contributed by atoms with van der Waals surface area (Å²) in [6.07, 6.45) is 2.22. The van der Waals surface area contributed by atoms with Crippen molar-refractivity contribution in [2.24, 2.45) is 0 Å². The number of halogens is 1. The normalized spacial score (nSPS) is 16.6. The van der Waals surface area contributed by atoms with E-state index in [-0.39, 0.29) is 24.2 Å². The van der Waals surface area contributed by atoms with Gasteiger partial charge in [0.15, 0.2) is 0 Å². The van der Waals surface area contributed by atoms with Crippen LogP contribution in [0, 0.1) is 5.82 Å². The van der Waals surface area contributed by atoms with Crippen LogP contribution in [0.5, 0.6) is 0 Å². The monoisotopic (exact) mass is 283 g/mol. The van der Waals surface area contributed by atoms with Crippen molar-refractivity contribution in [1.29, 1.82) is 0 Å². The highest BCUT2D eigenvalue weighted by atomic mass is 19.1. The molecular formula is C18H18FNO. The quantitative estimate of drug-likeness (QED) is 0.844. The van der Waals surface area contributed by atoms with Gasteiger partial charge in [0.05, 0.1) is 12.5 Å². The molecule has 0 spiro atoms. The van der Waals surface area contributed by atoms with Crippen molar-refractivity contribution in [3.05, 3.63) is 71.0 Å². The summed E-state index contributed by atoms with van der Waals surface area (Å²) in [5, 5.41) is 0. The second-order valence-corrected chi connectivity index (χ2v) is 5.56. The van der Waals surface area contributed by atoms with E-state index in [2.05, 4.69) is 12.1 Å². The van der Waals surface area contributed by atoms with Gasteiger partial charge >= 0.3 is 0 Å². The Balaban J connectivity index is 1.74. The molecule has 3 heteroatoms. The van der Waals surface area contributed by atoms with Crippen LogP contribution in [-0.4, -0.2) is 17.9 Å². The summed E-state index contributed by atoms with van der Waals surface area (Å²) in [5.74, 6) is -0.267. The molecule has 0 heterocycles. The lowest BCUT2D eigenvalue weighted by atomic mass is 10.1. The Kier molecular flexibility index (Phi) is 3.74. The van der Waals surface area contributed by atoms with E-state index in [1.54, 1.807) is 17.0 Å². The molecule has 0 fully saturated rings. The van der Waals surface area contributed by atoms with E-state index in [1.807, 2.05) is 19.2 Å². The molecule has 0 saturated carbocycles. The number of nitrogens with zero attached hydrogens (tertiary/aromatic N) is 1. The fourth-order valence-corrected chi connectivity index (χ4v) is 3.06. The Morgan fingerprint density at radius 2 is 2.05 bits per heavy atom. The lowest BCUT2D eigenvalue weighted by molar-refractivity contribution is -0.131. The first kappa shape index (κ1) is 13.8. The van der Waals surface area contributed by atoms with Gasteiger partial charge in [-0.3, -0.25) is 4.79 Å². The van der Waals surface area contributed by atoms with Crippen molar-refractivity contribution in [3.63, 3.8) is 0 Å². The van der Waals surface area contributed by atoms with E-state index in [4.69, 9.17) is 0 Å². The summed E-state index contributed by atoms with van der Waals surface area (Å²) in [6.45, 7) is 0. The van der Waals surface area contributed by atoms with Gasteiger partial charge in [-0.25, -0.2) is 4.39 Å². The fraction of sp³-hybridized carbons (Fsp3) is 0.278. The summed E-state index contributed by atoms with van der Waals surface area (Å²) in [6, 6.07) is 14.7. The van der Waals surface area contributed by atoms with Crippen LogP contribution in [0.25, 0.3) is 0 Å². The molecule has 2 nitrogen and oxygen atoms in total. The molecule has 1 aliphatic rings. The van der Waals surface area contributed by atoms with E-state index in [1.165, 1.54) is 23.3 Å². The van der Waals surface area contributed by atoms with Crippen LogP contribution < -0.4 is 0 Å². The molecule has 2 aromatic rings. The third-order valence-electron chi connectivity index (χ3n) is 4.21. The standard InChI is InChI=1S/C18H18FNO/c1-20(17-10-9-14-6-2-3-8-16(14)17)18(21)12-13-5-4-7-15(19)11-13/h2-8,11,17H,9-10,12H2,1H3. The van der Waals surface area contributed by atoms with Crippen molar-refractivity contribution in [3.8, 4) is 0 Å². The van der Waals surface area contributed by atoms with E-state index >= 15 is 0 Å². The van der Waals surface area contributed by atoms with Gasteiger partial charge in [0.2, 0.25) is 5.91 Å². The maximum Gasteiger partial charge on any atom is 0.227 e. The molecule has 0 bridgehead atoms. The minimum atomic E-state index is -0.297. The maximum atomic E-state index is 13.2. The highest BCUT2D eigenvalue weighted by Gasteiger charge is 2.28. The summed E-state index contributed by atoms with van der Waals surface area (Å²) >= 11 is 0. The molecule has 1 amide bonds. The van der Waals surface area contributed by atoms with Crippen LogP contribution in [0.3, 0.4) is 0 Å². The van der Waals surface area contributed by atoms with Gasteiger partial charge in [0.1, 0.15) is 5.82 Å². The molecule has 3 rings (SSSR count). The van der Waals surface area contributed by atoms with Crippen LogP contribution in [0.2, 0.25) is 0 Å². The summed E-state index contributed by atoms with van der Waals surface area (Å²) < 4.78 is 13.2. The molecule has 0 aromatic heterocycles. The van der Waals surface area contributed by atoms with Gasteiger partial charge in [-0.2, -0.15) is 0 Å². The first-order valence-corrected chi connectivity index (χ1v) is 7.23. The third-order valence-corrected chi connectivity index (χ3v) is 4.21. The van der Waals surface area contributed by atoms with Crippen LogP contribution in [0.15, 0.2) is 48.5 Å². The zero-order valence-electron chi connectivity index (χ0n) is 12.1. The van der Waals surface area contributed by atoms with Gasteiger partial charge in [0.25, 0.3) is 0 Å². The number of carbonyl (C=O) groups excluding carboxylic acids is 1. The molecule has 0 radical (unpaired) electrons. The van der Waals surface area contributed by atoms with Crippen molar-refractivity contribution >= 4 is 5.91 Å². The molecule has 21 heavy (non-hydrogen) atoms. The second kappa shape index (κ2) is 5.68. The minimum Gasteiger partial charge on any atom is -0.338 e. The molecule has 1 aliphatic carbocycles. The number of benzene rings is 2. The van der Waals surface area contributed by atoms with Gasteiger partial charge in [-0.05, 0) is 41.7 Å². The largest absolute Gasteiger partial charge is 0.338 e. The molecule has 0 N–H and O–H groups in total. The Morgan fingerprint density at radius 3 is 2.86 bits per heavy atom. The molecule has 1 atom stereocenters. The average molecular weight is 283 g/mol. The zero-order valence-corrected chi connectivity index (χ0v) is 12.1. The van der Waals surface area contributed by atoms with Crippen molar-refractivity contribution in [2.75, 3.05) is 7.05 Å². The number of carbonyl (C=O) groups is 1. The van der Waals surface area contributed by atoms with Crippen molar-refractivity contribution < 1.29 is 9.18 Å². The van der Waals surface area contributed by atoms with Crippen LogP contribution >= 0.6 is 0 Å². The molecule has 0 aliphatic heterocycles. The van der Waals surface area contributed by atoms with Crippen molar-refractivity contribution in [1.82, 2.24) is 4.90 Å². The summed E-state index contributed by atoms with van der Waals surface area (Å²) in [7, 11) is 1.84. The second-order valence-electron chi connectivity index (χ2n) is 5.56. The zero-order chi connectivity index (χ0) is 14.8. The van der Waals surface area contributed by atoms with Gasteiger partial charge in [0, 0.05) is 7.05 Å². The first-order valence-electron chi connectivity index (χ1n) is 7.23. The van der Waals surface area contributed by atoms with Gasteiger partial charge in [-0.15, -0.1) is 0 Å². The lowest BCUT2D eigenvalue weighted by Gasteiger charge is -2.25. The minimum absolute atomic E-state index is 0.0299. The van der Waals surface area contributed by atoms with E-state index in [0.29, 0.717) is 0 Å². The lowest BCUT2D eigenvalue weighted by Crippen LogP contribution is -2.31. The van der Waals surface area contributed by atoms with Crippen LogP contribution in [0.1, 0.15) is 29.2 Å². The Morgan fingerprint density at radius 1 is 1.24 bits per heavy atom. The summed E-state index contributed by atoms with van der Waals surface area (Å²) in [4.78, 5) is 14.2. The molecule has 2 aromatic carbocycles. The van der Waals surface area contributed by atoms with E-state index in [9.17, 15) is 9.18 Å². The molecular weight excluding hydrogens is 265 g/mol. The number of rotatable bonds is 3. The summed E-state index contributed by atoms with van der Waals surface area (Å²) in [5.41, 5.74) is 3.29. The number of aryl methyl sites for hydroxylation is 1. The highest BCUT2D eigenvalue weighted by molar-refractivity contribution is 5.79. The fourth-order valence-electron chi connectivity index (χ4n) is 3.06. The van der Waals surface area contributed by atoms with Gasteiger partial charge < -0.3 is 4.90 Å². The van der Waals surface area contributed by atoms with Gasteiger partial charge in [-0.1, -0.05) is 36.4 Å². The number of amides is 1. The maximum absolute atomic E-state index is 13.2. The topological polar surface area (TPSA) is 20.3 Å². The smallest absolute Gasteiger partial charge is 0.227 e. The van der Waals surface area contributed by atoms with Crippen LogP contribution in [-0.2, 0) is 17.6 Å². The highest BCUT2D eigenvalue weighted by Crippen LogP contribution is 2.34. The number of hydrogen-bond acceptors (Lipinski definition) is 1. The first-order chi connectivity index (χ1) is 10.1. The Labute approximate surface area is 124 Å². The number of hydrogen-bond donors (Lipinski definition) is 0. The predicted molar refractivity (Wildman–Crippen MR) is 80.4 cm³/mol. The van der Waals surface area contributed by atoms with Crippen LogP contribution in [0.4, 0.5) is 4.39 Å². The SMILES string of the molecule is CN(C(=O)Cc1cccc(F)c1)C1CCc2ccccc21. The number of fused-ring (bicyclic) bond motifs is 1. The predicted octanol–water partition coefficient (Wildman–Crippen LogP) is 3.51. The Bertz CT molecular complexity index is 668. The molecule has 0 saturated heterocycles. The third kappa shape index (κ3) is 2.82. The van der Waals surface area contributed by atoms with E-state index < -0.39 is 0 Å². The average Bonchev–Trinajstić information content (AvgIpc) is 2.90. The molecule has 108 valence electrons. The van der Waals surface area contributed by atoms with Crippen molar-refractivity contribution in [2.45, 2.75) is 25.3 Å². The Hall–Kier alpha value is -2.16. The number of likely N-dealkylation sites (N-methyl/N-ethyl adjacent to an activating group) is 1. The molecule has 1 unspecified atom stereocenters.